The average molecular weight is 393 g/mol. The van der Waals surface area contributed by atoms with Gasteiger partial charge in [-0.3, -0.25) is 19.0 Å². The highest BCUT2D eigenvalue weighted by Gasteiger charge is 2.32. The Morgan fingerprint density at radius 3 is 2.81 bits per heavy atom. The van der Waals surface area contributed by atoms with Gasteiger partial charge in [0.1, 0.15) is 0 Å². The summed E-state index contributed by atoms with van der Waals surface area (Å²) in [6, 6.07) is 4.89. The van der Waals surface area contributed by atoms with Crippen LogP contribution in [0.2, 0.25) is 0 Å². The van der Waals surface area contributed by atoms with Crippen LogP contribution >= 0.6 is 0 Å². The van der Waals surface area contributed by atoms with Crippen molar-refractivity contribution in [2.75, 3.05) is 25.0 Å². The van der Waals surface area contributed by atoms with Gasteiger partial charge < -0.3 is 15.6 Å². The molecule has 2 rings (SSSR count). The van der Waals surface area contributed by atoms with Gasteiger partial charge in [0.25, 0.3) is 5.91 Å². The first-order valence-electron chi connectivity index (χ1n) is 8.35. The molecule has 1 aliphatic rings. The van der Waals surface area contributed by atoms with E-state index in [1.54, 1.807) is 30.7 Å². The maximum Gasteiger partial charge on any atom is 0.256 e. The van der Waals surface area contributed by atoms with Gasteiger partial charge in [-0.25, -0.2) is 5.48 Å². The zero-order chi connectivity index (χ0) is 20.0. The van der Waals surface area contributed by atoms with E-state index in [9.17, 15) is 13.8 Å². The Kier molecular flexibility index (Phi) is 7.08. The molecule has 0 fully saturated rings. The van der Waals surface area contributed by atoms with Crippen molar-refractivity contribution in [1.29, 1.82) is 0 Å². The van der Waals surface area contributed by atoms with Crippen LogP contribution in [0.25, 0.3) is 0 Å². The van der Waals surface area contributed by atoms with Gasteiger partial charge in [-0.15, -0.1) is 0 Å². The monoisotopic (exact) mass is 393 g/mol. The Bertz CT molecular complexity index is 796. The lowest BCUT2D eigenvalue weighted by Gasteiger charge is -2.34. The van der Waals surface area contributed by atoms with Crippen LogP contribution in [0.1, 0.15) is 23.7 Å². The smallest absolute Gasteiger partial charge is 0.256 e. The summed E-state index contributed by atoms with van der Waals surface area (Å²) in [6.45, 7) is 6.52. The fourth-order valence-electron chi connectivity index (χ4n) is 2.79. The average Bonchev–Trinajstić information content (AvgIpc) is 2.68. The number of amides is 2. The zero-order valence-electron chi connectivity index (χ0n) is 15.2. The molecule has 10 heteroatoms. The Balaban J connectivity index is 2.31. The van der Waals surface area contributed by atoms with Crippen molar-refractivity contribution in [2.45, 2.75) is 23.5 Å². The van der Waals surface area contributed by atoms with E-state index >= 15 is 0 Å². The standard InChI is InChI=1S/C17H23N5O4S/c1-4-15(20-18-3)19-17(24)11-6-7-14-13(8-11)22(5-2)10-12(27(14)26)9-16(23)21-25/h4,6-8,12,18,25H,1,5,9-10H2,2-3H3,(H,21,23)(H,19,20,24). The first kappa shape index (κ1) is 20.6. The van der Waals surface area contributed by atoms with E-state index < -0.39 is 22.0 Å². The van der Waals surface area contributed by atoms with Gasteiger partial charge in [0, 0.05) is 32.1 Å². The molecule has 0 saturated carbocycles. The number of anilines is 1. The van der Waals surface area contributed by atoms with Crippen molar-refractivity contribution >= 4 is 34.1 Å². The highest BCUT2D eigenvalue weighted by molar-refractivity contribution is 7.86. The molecule has 0 radical (unpaired) electrons. The number of amidine groups is 1. The van der Waals surface area contributed by atoms with Crippen molar-refractivity contribution in [3.05, 3.63) is 36.4 Å². The number of nitrogens with one attached hydrogen (secondary N) is 3. The van der Waals surface area contributed by atoms with E-state index in [2.05, 4.69) is 22.4 Å². The molecule has 1 aromatic rings. The number of fused-ring (bicyclic) bond motifs is 1. The molecule has 0 aromatic heterocycles. The molecule has 146 valence electrons. The molecule has 0 spiro atoms. The maximum atomic E-state index is 12.8. The number of hydrogen-bond acceptors (Lipinski definition) is 7. The van der Waals surface area contributed by atoms with Crippen LogP contribution in [0, 0.1) is 0 Å². The highest BCUT2D eigenvalue weighted by atomic mass is 32.2. The van der Waals surface area contributed by atoms with Crippen LogP contribution in [0.4, 0.5) is 5.69 Å². The van der Waals surface area contributed by atoms with Gasteiger partial charge in [0.05, 0.1) is 26.6 Å². The third-order valence-electron chi connectivity index (χ3n) is 4.09. The molecule has 2 atom stereocenters. The predicted molar refractivity (Wildman–Crippen MR) is 103 cm³/mol. The normalized spacial score (nSPS) is 19.1. The first-order chi connectivity index (χ1) is 12.9. The fourth-order valence-corrected chi connectivity index (χ4v) is 4.37. The number of benzene rings is 1. The van der Waals surface area contributed by atoms with Gasteiger partial charge in [0.15, 0.2) is 5.84 Å². The van der Waals surface area contributed by atoms with Crippen LogP contribution in [0.3, 0.4) is 0 Å². The van der Waals surface area contributed by atoms with E-state index in [1.165, 1.54) is 6.08 Å². The topological polar surface area (TPSA) is 123 Å². The number of carbonyl (C=O) groups is 2. The number of hydroxylamine groups is 1. The summed E-state index contributed by atoms with van der Waals surface area (Å²) >= 11 is 0. The summed E-state index contributed by atoms with van der Waals surface area (Å²) in [5.74, 6) is -0.661. The largest absolute Gasteiger partial charge is 0.370 e. The number of carbonyl (C=O) groups excluding carboxylic acids is 2. The van der Waals surface area contributed by atoms with Crippen LogP contribution in [-0.2, 0) is 15.6 Å². The summed E-state index contributed by atoms with van der Waals surface area (Å²) < 4.78 is 12.8. The van der Waals surface area contributed by atoms with E-state index in [4.69, 9.17) is 5.21 Å². The second-order valence-corrected chi connectivity index (χ2v) is 7.46. The van der Waals surface area contributed by atoms with E-state index in [1.807, 2.05) is 11.8 Å². The molecule has 0 bridgehead atoms. The van der Waals surface area contributed by atoms with Crippen molar-refractivity contribution in [2.24, 2.45) is 5.10 Å². The van der Waals surface area contributed by atoms with Gasteiger partial charge in [0.2, 0.25) is 5.91 Å². The minimum absolute atomic E-state index is 0.0511. The van der Waals surface area contributed by atoms with Crippen LogP contribution in [0.15, 0.2) is 40.9 Å². The van der Waals surface area contributed by atoms with Gasteiger partial charge in [-0.05, 0) is 31.2 Å². The fraction of sp³-hybridized carbons (Fsp3) is 0.353. The van der Waals surface area contributed by atoms with Crippen LogP contribution in [-0.4, -0.2) is 52.5 Å². The summed E-state index contributed by atoms with van der Waals surface area (Å²) in [5.41, 5.74) is 5.23. The minimum atomic E-state index is -1.43. The van der Waals surface area contributed by atoms with E-state index in [0.717, 1.165) is 0 Å². The molecule has 1 heterocycles. The van der Waals surface area contributed by atoms with Crippen LogP contribution in [0.5, 0.6) is 0 Å². The van der Waals surface area contributed by atoms with Gasteiger partial charge in [-0.2, -0.15) is 5.10 Å². The Morgan fingerprint density at radius 1 is 1.48 bits per heavy atom. The van der Waals surface area contributed by atoms with Crippen molar-refractivity contribution in [3.63, 3.8) is 0 Å². The summed E-state index contributed by atoms with van der Waals surface area (Å²) in [7, 11) is 0.178. The Hall–Kier alpha value is -2.72. The lowest BCUT2D eigenvalue weighted by atomic mass is 10.1. The lowest BCUT2D eigenvalue weighted by Crippen LogP contribution is -2.42. The van der Waals surface area contributed by atoms with E-state index in [-0.39, 0.29) is 18.2 Å². The number of hydrogen-bond donors (Lipinski definition) is 4. The summed E-state index contributed by atoms with van der Waals surface area (Å²) in [4.78, 5) is 26.4. The molecule has 0 saturated heterocycles. The molecule has 1 aliphatic heterocycles. The summed E-state index contributed by atoms with van der Waals surface area (Å²) in [6.07, 6.45) is 1.36. The molecule has 2 amide bonds. The third-order valence-corrected chi connectivity index (χ3v) is 5.79. The predicted octanol–water partition coefficient (Wildman–Crippen LogP) is 0.347. The number of rotatable bonds is 6. The summed E-state index contributed by atoms with van der Waals surface area (Å²) in [5, 5.41) is 14.8. The molecule has 1 aromatic carbocycles. The number of hydrazone groups is 1. The molecule has 27 heavy (non-hydrogen) atoms. The molecule has 9 nitrogen and oxygen atoms in total. The molecular weight excluding hydrogens is 370 g/mol. The second kappa shape index (κ2) is 9.28. The molecular formula is C17H23N5O4S. The third kappa shape index (κ3) is 4.72. The first-order valence-corrected chi connectivity index (χ1v) is 9.57. The van der Waals surface area contributed by atoms with E-state index in [0.29, 0.717) is 29.2 Å². The van der Waals surface area contributed by atoms with Crippen LogP contribution < -0.4 is 21.1 Å². The molecule has 0 aliphatic carbocycles. The highest BCUT2D eigenvalue weighted by Crippen LogP contribution is 2.33. The molecule has 4 N–H and O–H groups in total. The van der Waals surface area contributed by atoms with Crippen molar-refractivity contribution in [3.8, 4) is 0 Å². The minimum Gasteiger partial charge on any atom is -0.370 e. The zero-order valence-corrected chi connectivity index (χ0v) is 16.0. The quantitative estimate of drug-likeness (QED) is 0.239. The van der Waals surface area contributed by atoms with Gasteiger partial charge in [-0.1, -0.05) is 6.58 Å². The van der Waals surface area contributed by atoms with Gasteiger partial charge >= 0.3 is 0 Å². The van der Waals surface area contributed by atoms with Crippen molar-refractivity contribution < 1.29 is 19.0 Å². The molecule has 2 unspecified atom stereocenters. The second-order valence-electron chi connectivity index (χ2n) is 5.76. The van der Waals surface area contributed by atoms with Crippen molar-refractivity contribution in [1.82, 2.24) is 16.2 Å². The maximum absolute atomic E-state index is 12.8. The lowest BCUT2D eigenvalue weighted by molar-refractivity contribution is -0.129. The number of nitrogens with zero attached hydrogens (tertiary/aromatic N) is 2. The Labute approximate surface area is 159 Å². The Morgan fingerprint density at radius 2 is 2.22 bits per heavy atom. The SMILES string of the molecule is C=C/C(=N\NC)NC(=O)c1ccc2c(c1)N(CC)CC(CC(=O)NO)S2=O.